The van der Waals surface area contributed by atoms with Crippen LogP contribution in [-0.4, -0.2) is 34.6 Å². The first-order valence-electron chi connectivity index (χ1n) is 5.13. The first-order chi connectivity index (χ1) is 8.28. The van der Waals surface area contributed by atoms with E-state index in [1.54, 1.807) is 0 Å². The Bertz CT molecular complexity index is 537. The molecule has 0 spiro atoms. The molecule has 1 aromatic heterocycles. The highest BCUT2D eigenvalue weighted by Crippen LogP contribution is 2.61. The van der Waals surface area contributed by atoms with E-state index in [1.165, 1.54) is 19.2 Å². The van der Waals surface area contributed by atoms with Gasteiger partial charge in [-0.15, -0.1) is 0 Å². The van der Waals surface area contributed by atoms with E-state index in [9.17, 15) is 18.4 Å². The van der Waals surface area contributed by atoms with Gasteiger partial charge in [-0.2, -0.15) is 0 Å². The van der Waals surface area contributed by atoms with Crippen LogP contribution in [0.3, 0.4) is 0 Å². The van der Waals surface area contributed by atoms with Crippen molar-refractivity contribution in [2.45, 2.75) is 17.8 Å². The summed E-state index contributed by atoms with van der Waals surface area (Å²) in [6.45, 7) is 0. The van der Waals surface area contributed by atoms with Crippen molar-refractivity contribution in [3.8, 4) is 0 Å². The van der Waals surface area contributed by atoms with Gasteiger partial charge in [0.25, 0.3) is 5.92 Å². The van der Waals surface area contributed by atoms with Crippen molar-refractivity contribution in [2.75, 3.05) is 7.11 Å². The summed E-state index contributed by atoms with van der Waals surface area (Å²) in [5.41, 5.74) is -2.29. The number of hydrogen-bond acceptors (Lipinski definition) is 3. The number of carbonyl (C=O) groups is 2. The minimum atomic E-state index is -3.29. The average Bonchev–Trinajstić information content (AvgIpc) is 2.68. The summed E-state index contributed by atoms with van der Waals surface area (Å²) in [6.07, 6.45) is -0.756. The highest BCUT2D eigenvalue weighted by atomic mass is 19.3. The summed E-state index contributed by atoms with van der Waals surface area (Å²) in [5, 5.41) is 9.01. The second kappa shape index (κ2) is 3.54. The number of aromatic nitrogens is 1. The molecule has 1 saturated carbocycles. The lowest BCUT2D eigenvalue weighted by Crippen LogP contribution is -2.30. The van der Waals surface area contributed by atoms with Gasteiger partial charge in [-0.25, -0.2) is 13.6 Å². The summed E-state index contributed by atoms with van der Waals surface area (Å²) in [6, 6.07) is 2.50. The van der Waals surface area contributed by atoms with Crippen molar-refractivity contribution in [1.29, 1.82) is 0 Å². The van der Waals surface area contributed by atoms with Gasteiger partial charge in [0.1, 0.15) is 5.69 Å². The second-order valence-corrected chi connectivity index (χ2v) is 4.25. The van der Waals surface area contributed by atoms with Gasteiger partial charge >= 0.3 is 11.9 Å². The fraction of sp³-hybridized carbons (Fsp3) is 0.455. The Morgan fingerprint density at radius 3 is 2.39 bits per heavy atom. The van der Waals surface area contributed by atoms with Crippen LogP contribution in [0.1, 0.15) is 22.6 Å². The number of aliphatic carboxylic acids is 1. The molecule has 1 aliphatic rings. The molecular formula is C11H11F2NO4. The van der Waals surface area contributed by atoms with E-state index in [-0.39, 0.29) is 11.4 Å². The molecule has 0 saturated heterocycles. The zero-order chi connectivity index (χ0) is 13.7. The topological polar surface area (TPSA) is 68.5 Å². The number of alkyl halides is 2. The molecule has 1 heterocycles. The van der Waals surface area contributed by atoms with E-state index >= 15 is 0 Å². The summed E-state index contributed by atoms with van der Waals surface area (Å²) >= 11 is 0. The Labute approximate surface area is 101 Å². The molecule has 0 bridgehead atoms. The number of ether oxygens (including phenoxy) is 1. The van der Waals surface area contributed by atoms with E-state index in [2.05, 4.69) is 4.74 Å². The molecule has 1 N–H and O–H groups in total. The number of nitrogens with zero attached hydrogens (tertiary/aromatic N) is 1. The van der Waals surface area contributed by atoms with Crippen LogP contribution in [0.2, 0.25) is 0 Å². The van der Waals surface area contributed by atoms with E-state index in [0.29, 0.717) is 0 Å². The second-order valence-electron chi connectivity index (χ2n) is 4.25. The molecule has 5 nitrogen and oxygen atoms in total. The van der Waals surface area contributed by atoms with Gasteiger partial charge in [0.05, 0.1) is 7.11 Å². The van der Waals surface area contributed by atoms with Crippen LogP contribution in [-0.2, 0) is 22.0 Å². The zero-order valence-electron chi connectivity index (χ0n) is 9.74. The van der Waals surface area contributed by atoms with Gasteiger partial charge < -0.3 is 14.4 Å². The number of halogens is 2. The predicted molar refractivity (Wildman–Crippen MR) is 55.6 cm³/mol. The Kier molecular flexibility index (Phi) is 2.46. The molecule has 1 fully saturated rings. The van der Waals surface area contributed by atoms with Crippen LogP contribution >= 0.6 is 0 Å². The average molecular weight is 259 g/mol. The number of hydrogen-bond donors (Lipinski definition) is 1. The lowest BCUT2D eigenvalue weighted by molar-refractivity contribution is -0.143. The van der Waals surface area contributed by atoms with Crippen LogP contribution in [0, 0.1) is 0 Å². The SMILES string of the molecule is COC(=O)c1ccc(C2(C(=O)O)CC2(F)F)n1C. The van der Waals surface area contributed by atoms with Crippen molar-refractivity contribution in [2.24, 2.45) is 7.05 Å². The molecule has 1 aliphatic carbocycles. The fourth-order valence-corrected chi connectivity index (χ4v) is 2.16. The quantitative estimate of drug-likeness (QED) is 0.827. The molecule has 1 atom stereocenters. The molecule has 7 heteroatoms. The predicted octanol–water partition coefficient (Wildman–Crippen LogP) is 1.17. The van der Waals surface area contributed by atoms with Crippen molar-refractivity contribution in [3.63, 3.8) is 0 Å². The smallest absolute Gasteiger partial charge is 0.354 e. The van der Waals surface area contributed by atoms with Crippen LogP contribution in [0.25, 0.3) is 0 Å². The van der Waals surface area contributed by atoms with Crippen molar-refractivity contribution in [3.05, 3.63) is 23.5 Å². The van der Waals surface area contributed by atoms with Crippen LogP contribution in [0.4, 0.5) is 8.78 Å². The van der Waals surface area contributed by atoms with Crippen LogP contribution in [0.15, 0.2) is 12.1 Å². The molecule has 0 radical (unpaired) electrons. The van der Waals surface area contributed by atoms with E-state index in [1.807, 2.05) is 0 Å². The van der Waals surface area contributed by atoms with Crippen LogP contribution < -0.4 is 0 Å². The van der Waals surface area contributed by atoms with E-state index < -0.39 is 29.7 Å². The minimum absolute atomic E-state index is 0.0378. The van der Waals surface area contributed by atoms with Gasteiger partial charge in [0.15, 0.2) is 5.41 Å². The normalized spacial score (nSPS) is 24.7. The van der Waals surface area contributed by atoms with Gasteiger partial charge in [-0.1, -0.05) is 0 Å². The van der Waals surface area contributed by atoms with Crippen molar-refractivity contribution < 1.29 is 28.2 Å². The van der Waals surface area contributed by atoms with Crippen molar-refractivity contribution in [1.82, 2.24) is 4.57 Å². The number of esters is 1. The Morgan fingerprint density at radius 2 is 2.00 bits per heavy atom. The third-order valence-electron chi connectivity index (χ3n) is 3.31. The first-order valence-corrected chi connectivity index (χ1v) is 5.13. The first kappa shape index (κ1) is 12.5. The fourth-order valence-electron chi connectivity index (χ4n) is 2.16. The van der Waals surface area contributed by atoms with E-state index in [0.717, 1.165) is 11.7 Å². The Balaban J connectivity index is 2.51. The number of rotatable bonds is 3. The minimum Gasteiger partial charge on any atom is -0.480 e. The lowest BCUT2D eigenvalue weighted by atomic mass is 10.0. The molecular weight excluding hydrogens is 248 g/mol. The van der Waals surface area contributed by atoms with Gasteiger partial charge in [0.2, 0.25) is 0 Å². The number of methoxy groups -OCH3 is 1. The highest BCUT2D eigenvalue weighted by Gasteiger charge is 2.78. The molecule has 1 unspecified atom stereocenters. The van der Waals surface area contributed by atoms with Crippen molar-refractivity contribution >= 4 is 11.9 Å². The monoisotopic (exact) mass is 259 g/mol. The molecule has 0 aromatic carbocycles. The summed E-state index contributed by atoms with van der Waals surface area (Å²) in [4.78, 5) is 22.4. The Hall–Kier alpha value is -1.92. The standard InChI is InChI=1S/C11H11F2NO4/c1-14-6(8(15)18-2)3-4-7(14)10(9(16)17)5-11(10,12)13/h3-4H,5H2,1-2H3,(H,16,17). The maximum Gasteiger partial charge on any atom is 0.354 e. The molecule has 18 heavy (non-hydrogen) atoms. The molecule has 98 valence electrons. The number of carboxylic acids is 1. The van der Waals surface area contributed by atoms with Gasteiger partial charge in [-0.05, 0) is 12.1 Å². The molecule has 2 rings (SSSR count). The lowest BCUT2D eigenvalue weighted by Gasteiger charge is -2.13. The highest BCUT2D eigenvalue weighted by molar-refractivity contribution is 5.90. The third-order valence-corrected chi connectivity index (χ3v) is 3.31. The Morgan fingerprint density at radius 1 is 1.44 bits per heavy atom. The molecule has 1 aromatic rings. The molecule has 0 amide bonds. The van der Waals surface area contributed by atoms with Gasteiger partial charge in [-0.3, -0.25) is 4.79 Å². The van der Waals surface area contributed by atoms with Crippen LogP contribution in [0.5, 0.6) is 0 Å². The number of carbonyl (C=O) groups excluding carboxylic acids is 1. The van der Waals surface area contributed by atoms with Gasteiger partial charge in [0, 0.05) is 19.2 Å². The molecule has 0 aliphatic heterocycles. The third kappa shape index (κ3) is 1.36. The zero-order valence-corrected chi connectivity index (χ0v) is 9.74. The largest absolute Gasteiger partial charge is 0.480 e. The van der Waals surface area contributed by atoms with E-state index in [4.69, 9.17) is 5.11 Å². The summed E-state index contributed by atoms with van der Waals surface area (Å²) in [7, 11) is 2.52. The summed E-state index contributed by atoms with van der Waals surface area (Å²) in [5.74, 6) is -5.59. The maximum absolute atomic E-state index is 13.3. The summed E-state index contributed by atoms with van der Waals surface area (Å²) < 4.78 is 32.3. The maximum atomic E-state index is 13.3. The number of carboxylic acid groups (broad SMARTS) is 1.